The van der Waals surface area contributed by atoms with E-state index in [0.717, 1.165) is 24.3 Å². The van der Waals surface area contributed by atoms with Crippen molar-refractivity contribution in [3.8, 4) is 0 Å². The first kappa shape index (κ1) is 17.2. The summed E-state index contributed by atoms with van der Waals surface area (Å²) in [6.07, 6.45) is 0.913. The lowest BCUT2D eigenvalue weighted by molar-refractivity contribution is 0.243. The van der Waals surface area contributed by atoms with Crippen molar-refractivity contribution >= 4 is 17.4 Å². The van der Waals surface area contributed by atoms with Gasteiger partial charge in [0.25, 0.3) is 0 Å². The molecule has 0 fully saturated rings. The Morgan fingerprint density at radius 3 is 2.73 bits per heavy atom. The maximum atomic E-state index is 13.7. The van der Waals surface area contributed by atoms with E-state index >= 15 is 0 Å². The van der Waals surface area contributed by atoms with Crippen LogP contribution in [0.15, 0.2) is 70.0 Å². The molecular weight excluding hydrogens is 349 g/mol. The zero-order valence-corrected chi connectivity index (χ0v) is 15.1. The monoisotopic (exact) mass is 369 g/mol. The summed E-state index contributed by atoms with van der Waals surface area (Å²) in [6, 6.07) is 18.9. The molecule has 5 heteroatoms. The van der Waals surface area contributed by atoms with E-state index in [1.807, 2.05) is 30.3 Å². The summed E-state index contributed by atoms with van der Waals surface area (Å²) in [5.41, 5.74) is 2.19. The number of aliphatic hydroxyl groups excluding tert-OH is 1. The number of aliphatic hydroxyl groups is 1. The highest BCUT2D eigenvalue weighted by atomic mass is 32.2. The van der Waals surface area contributed by atoms with E-state index < -0.39 is 0 Å². The van der Waals surface area contributed by atoms with Crippen LogP contribution >= 0.6 is 11.8 Å². The molecular formula is C21H20FNO2S. The normalized spacial score (nSPS) is 17.0. The summed E-state index contributed by atoms with van der Waals surface area (Å²) in [5, 5.41) is 9.41. The molecule has 3 nitrogen and oxygen atoms in total. The molecule has 0 aliphatic carbocycles. The first-order valence-electron chi connectivity index (χ1n) is 8.67. The van der Waals surface area contributed by atoms with Crippen LogP contribution in [-0.2, 0) is 13.2 Å². The Bertz CT molecular complexity index is 895. The van der Waals surface area contributed by atoms with Crippen LogP contribution in [0.4, 0.5) is 10.1 Å². The molecule has 4 rings (SSSR count). The molecule has 2 heterocycles. The summed E-state index contributed by atoms with van der Waals surface area (Å²) < 4.78 is 19.3. The van der Waals surface area contributed by atoms with Gasteiger partial charge in [-0.1, -0.05) is 24.3 Å². The van der Waals surface area contributed by atoms with Gasteiger partial charge in [-0.25, -0.2) is 4.39 Å². The van der Waals surface area contributed by atoms with Gasteiger partial charge in [0.2, 0.25) is 0 Å². The Hall–Kier alpha value is -2.24. The molecule has 1 aliphatic rings. The number of fused-ring (bicyclic) bond motifs is 1. The molecule has 0 radical (unpaired) electrons. The first-order valence-corrected chi connectivity index (χ1v) is 9.55. The number of nitrogens with zero attached hydrogens (tertiary/aromatic N) is 1. The largest absolute Gasteiger partial charge is 0.462 e. The summed E-state index contributed by atoms with van der Waals surface area (Å²) in [4.78, 5) is 3.48. The van der Waals surface area contributed by atoms with E-state index in [1.165, 1.54) is 16.6 Å². The van der Waals surface area contributed by atoms with Crippen molar-refractivity contribution in [1.82, 2.24) is 0 Å². The fourth-order valence-corrected chi connectivity index (χ4v) is 4.60. The highest BCUT2D eigenvalue weighted by Crippen LogP contribution is 2.45. The number of para-hydroxylation sites is 1. The van der Waals surface area contributed by atoms with Gasteiger partial charge in [0.15, 0.2) is 0 Å². The van der Waals surface area contributed by atoms with Gasteiger partial charge in [0.05, 0.1) is 12.2 Å². The predicted molar refractivity (Wildman–Crippen MR) is 102 cm³/mol. The maximum absolute atomic E-state index is 13.7. The van der Waals surface area contributed by atoms with Crippen LogP contribution in [0.5, 0.6) is 0 Å². The third-order valence-corrected chi connectivity index (χ3v) is 5.97. The van der Waals surface area contributed by atoms with Crippen molar-refractivity contribution < 1.29 is 13.9 Å². The van der Waals surface area contributed by atoms with E-state index in [-0.39, 0.29) is 17.7 Å². The molecule has 1 unspecified atom stereocenters. The summed E-state index contributed by atoms with van der Waals surface area (Å²) >= 11 is 1.78. The number of furan rings is 1. The minimum Gasteiger partial charge on any atom is -0.462 e. The van der Waals surface area contributed by atoms with E-state index in [2.05, 4.69) is 17.0 Å². The predicted octanol–water partition coefficient (Wildman–Crippen LogP) is 5.15. The number of rotatable bonds is 4. The molecule has 0 saturated heterocycles. The molecule has 26 heavy (non-hydrogen) atoms. The van der Waals surface area contributed by atoms with Crippen molar-refractivity contribution in [3.05, 3.63) is 83.6 Å². The topological polar surface area (TPSA) is 36.6 Å². The van der Waals surface area contributed by atoms with Gasteiger partial charge < -0.3 is 14.4 Å². The lowest BCUT2D eigenvalue weighted by Crippen LogP contribution is -2.23. The molecule has 2 aromatic carbocycles. The van der Waals surface area contributed by atoms with Crippen molar-refractivity contribution in [1.29, 1.82) is 0 Å². The Morgan fingerprint density at radius 1 is 1.08 bits per heavy atom. The van der Waals surface area contributed by atoms with Crippen LogP contribution in [-0.4, -0.2) is 11.7 Å². The van der Waals surface area contributed by atoms with E-state index in [0.29, 0.717) is 12.3 Å². The zero-order chi connectivity index (χ0) is 17.9. The van der Waals surface area contributed by atoms with Crippen molar-refractivity contribution in [2.45, 2.75) is 29.7 Å². The average molecular weight is 369 g/mol. The zero-order valence-electron chi connectivity index (χ0n) is 14.3. The molecule has 0 amide bonds. The summed E-state index contributed by atoms with van der Waals surface area (Å²) in [5.74, 6) is 1.22. The second-order valence-electron chi connectivity index (χ2n) is 6.37. The van der Waals surface area contributed by atoms with Crippen molar-refractivity contribution in [3.63, 3.8) is 0 Å². The van der Waals surface area contributed by atoms with Gasteiger partial charge in [-0.15, -0.1) is 11.8 Å². The first-order chi connectivity index (χ1) is 12.7. The second kappa shape index (κ2) is 7.56. The van der Waals surface area contributed by atoms with E-state index in [4.69, 9.17) is 4.42 Å². The molecule has 3 aromatic rings. The fourth-order valence-electron chi connectivity index (χ4n) is 3.31. The molecule has 1 aliphatic heterocycles. The molecule has 0 saturated carbocycles. The van der Waals surface area contributed by atoms with Crippen LogP contribution in [0.2, 0.25) is 0 Å². The average Bonchev–Trinajstić information content (AvgIpc) is 3.03. The van der Waals surface area contributed by atoms with Gasteiger partial charge in [-0.3, -0.25) is 0 Å². The smallest absolute Gasteiger partial charge is 0.129 e. The van der Waals surface area contributed by atoms with Crippen LogP contribution in [0.1, 0.15) is 28.8 Å². The molecule has 0 spiro atoms. The third-order valence-electron chi connectivity index (χ3n) is 4.58. The lowest BCUT2D eigenvalue weighted by atomic mass is 10.1. The quantitative estimate of drug-likeness (QED) is 0.690. The SMILES string of the molecule is OCc1ccc(CN2CCC(c3cccc(F)c3)Sc3ccccc32)o1. The highest BCUT2D eigenvalue weighted by molar-refractivity contribution is 7.99. The van der Waals surface area contributed by atoms with E-state index in [1.54, 1.807) is 23.9 Å². The minimum absolute atomic E-state index is 0.0892. The number of hydrogen-bond donors (Lipinski definition) is 1. The molecule has 1 atom stereocenters. The Balaban J connectivity index is 1.61. The highest BCUT2D eigenvalue weighted by Gasteiger charge is 2.24. The Labute approximate surface area is 156 Å². The maximum Gasteiger partial charge on any atom is 0.129 e. The van der Waals surface area contributed by atoms with Crippen LogP contribution < -0.4 is 4.90 Å². The minimum atomic E-state index is -0.190. The van der Waals surface area contributed by atoms with Crippen molar-refractivity contribution in [2.75, 3.05) is 11.4 Å². The molecule has 1 aromatic heterocycles. The van der Waals surface area contributed by atoms with Gasteiger partial charge in [-0.2, -0.15) is 0 Å². The molecule has 1 N–H and O–H groups in total. The van der Waals surface area contributed by atoms with Crippen LogP contribution in [0, 0.1) is 5.82 Å². The summed E-state index contributed by atoms with van der Waals surface area (Å²) in [7, 11) is 0. The third kappa shape index (κ3) is 3.64. The standard InChI is InChI=1S/C21H20FNO2S/c22-16-5-3-4-15(12-16)20-10-11-23(13-17-8-9-18(14-24)25-17)19-6-1-2-7-21(19)26-20/h1-9,12,20,24H,10-11,13-14H2. The number of hydrogen-bond acceptors (Lipinski definition) is 4. The van der Waals surface area contributed by atoms with Crippen LogP contribution in [0.25, 0.3) is 0 Å². The number of thioether (sulfide) groups is 1. The molecule has 0 bridgehead atoms. The van der Waals surface area contributed by atoms with Crippen molar-refractivity contribution in [2.24, 2.45) is 0 Å². The van der Waals surface area contributed by atoms with Gasteiger partial charge >= 0.3 is 0 Å². The molecule has 134 valence electrons. The summed E-state index contributed by atoms with van der Waals surface area (Å²) in [6.45, 7) is 1.40. The van der Waals surface area contributed by atoms with Crippen LogP contribution in [0.3, 0.4) is 0 Å². The number of anilines is 1. The van der Waals surface area contributed by atoms with Gasteiger partial charge in [-0.05, 0) is 48.4 Å². The number of benzene rings is 2. The lowest BCUT2D eigenvalue weighted by Gasteiger charge is -2.23. The van der Waals surface area contributed by atoms with E-state index in [9.17, 15) is 9.50 Å². The Morgan fingerprint density at radius 2 is 1.92 bits per heavy atom. The second-order valence-corrected chi connectivity index (χ2v) is 7.61. The van der Waals surface area contributed by atoms with Gasteiger partial charge in [0, 0.05) is 16.7 Å². The number of halogens is 1. The fraction of sp³-hybridized carbons (Fsp3) is 0.238. The van der Waals surface area contributed by atoms with Gasteiger partial charge in [0.1, 0.15) is 23.9 Å². The Kier molecular flexibility index (Phi) is 5.00.